The second kappa shape index (κ2) is 13.2. The molecule has 3 heteroatoms. The summed E-state index contributed by atoms with van der Waals surface area (Å²) in [6.07, 6.45) is 20.6. The lowest BCUT2D eigenvalue weighted by molar-refractivity contribution is 0.172. The molecule has 0 unspecified atom stereocenters. The minimum atomic E-state index is -0.890. The third-order valence-electron chi connectivity index (χ3n) is 8.47. The maximum absolute atomic E-state index is 14.4. The van der Waals surface area contributed by atoms with Gasteiger partial charge in [0.15, 0.2) is 11.6 Å². The summed E-state index contributed by atoms with van der Waals surface area (Å²) in [4.78, 5) is 0. The Morgan fingerprint density at radius 2 is 1.50 bits per heavy atom. The third kappa shape index (κ3) is 6.87. The van der Waals surface area contributed by atoms with E-state index in [1.54, 1.807) is 19.1 Å². The summed E-state index contributed by atoms with van der Waals surface area (Å²) in [5.74, 6) is 1.13. The van der Waals surface area contributed by atoms with Crippen LogP contribution in [-0.2, 0) is 6.42 Å². The van der Waals surface area contributed by atoms with Crippen molar-refractivity contribution in [1.82, 2.24) is 0 Å². The van der Waals surface area contributed by atoms with Crippen molar-refractivity contribution >= 4 is 6.08 Å². The Labute approximate surface area is 216 Å². The predicted octanol–water partition coefficient (Wildman–Crippen LogP) is 9.67. The first kappa shape index (κ1) is 26.6. The highest BCUT2D eigenvalue weighted by Gasteiger charge is 2.30. The third-order valence-corrected chi connectivity index (χ3v) is 8.47. The highest BCUT2D eigenvalue weighted by Crippen LogP contribution is 2.44. The lowest BCUT2D eigenvalue weighted by Gasteiger charge is -2.37. The molecular formula is C33H42F2O. The van der Waals surface area contributed by atoms with Gasteiger partial charge in [-0.3, -0.25) is 0 Å². The predicted molar refractivity (Wildman–Crippen MR) is 146 cm³/mol. The van der Waals surface area contributed by atoms with Gasteiger partial charge in [-0.15, -0.1) is 0 Å². The second-order valence-electron chi connectivity index (χ2n) is 10.7. The standard InChI is InChI=1S/C33H42F2O/c1-3-5-6-7-24-8-13-26(14-9-24)28-18-20-29(21-19-28)27-15-10-25(11-16-27)12-17-30-22-23-31(36-4-2)33(35)32(30)34/h3,5,8-9,12-14,17,22-23,25,27-29H,4,6-7,10-11,15-16,18-21H2,1-2H3/b5-3+,17-12+. The van der Waals surface area contributed by atoms with Gasteiger partial charge in [-0.05, 0) is 125 Å². The van der Waals surface area contributed by atoms with Crippen LogP contribution in [0.1, 0.15) is 94.2 Å². The summed E-state index contributed by atoms with van der Waals surface area (Å²) < 4.78 is 33.7. The molecule has 0 heterocycles. The molecule has 0 N–H and O–H groups in total. The van der Waals surface area contributed by atoms with E-state index in [0.29, 0.717) is 18.1 Å². The van der Waals surface area contributed by atoms with Gasteiger partial charge in [0.1, 0.15) is 0 Å². The van der Waals surface area contributed by atoms with E-state index in [9.17, 15) is 8.78 Å². The zero-order valence-electron chi connectivity index (χ0n) is 22.0. The molecule has 2 fully saturated rings. The number of rotatable bonds is 9. The largest absolute Gasteiger partial charge is 0.491 e. The van der Waals surface area contributed by atoms with Crippen LogP contribution in [0.4, 0.5) is 8.78 Å². The monoisotopic (exact) mass is 492 g/mol. The normalized spacial score (nSPS) is 25.0. The highest BCUT2D eigenvalue weighted by atomic mass is 19.2. The molecule has 2 aromatic rings. The topological polar surface area (TPSA) is 9.23 Å². The Kier molecular flexibility index (Phi) is 9.78. The van der Waals surface area contributed by atoms with Gasteiger partial charge in [0.05, 0.1) is 6.61 Å². The van der Waals surface area contributed by atoms with Crippen LogP contribution in [0.15, 0.2) is 54.6 Å². The highest BCUT2D eigenvalue weighted by molar-refractivity contribution is 5.52. The van der Waals surface area contributed by atoms with Crippen molar-refractivity contribution in [2.24, 2.45) is 17.8 Å². The van der Waals surface area contributed by atoms with E-state index in [4.69, 9.17) is 4.74 Å². The van der Waals surface area contributed by atoms with Gasteiger partial charge >= 0.3 is 0 Å². The van der Waals surface area contributed by atoms with Crippen LogP contribution in [0.3, 0.4) is 0 Å². The molecule has 2 saturated carbocycles. The van der Waals surface area contributed by atoms with Crippen LogP contribution in [-0.4, -0.2) is 6.61 Å². The number of benzene rings is 2. The van der Waals surface area contributed by atoms with Crippen molar-refractivity contribution in [3.8, 4) is 5.75 Å². The first-order valence-electron chi connectivity index (χ1n) is 14.1. The lowest BCUT2D eigenvalue weighted by atomic mass is 9.68. The molecule has 194 valence electrons. The quantitative estimate of drug-likeness (QED) is 0.317. The molecule has 2 aliphatic rings. The number of halogens is 2. The zero-order chi connectivity index (χ0) is 25.3. The Bertz CT molecular complexity index is 1010. The molecule has 4 rings (SSSR count). The molecule has 0 saturated heterocycles. The molecule has 0 amide bonds. The first-order chi connectivity index (χ1) is 17.6. The zero-order valence-corrected chi connectivity index (χ0v) is 22.0. The first-order valence-corrected chi connectivity index (χ1v) is 14.1. The SMILES string of the molecule is C/C=C/CCc1ccc(C2CCC(C3CCC(/C=C/c4ccc(OCC)c(F)c4F)CC3)CC2)cc1. The van der Waals surface area contributed by atoms with E-state index in [-0.39, 0.29) is 5.75 Å². The summed E-state index contributed by atoms with van der Waals surface area (Å²) in [5.41, 5.74) is 3.27. The second-order valence-corrected chi connectivity index (χ2v) is 10.7. The van der Waals surface area contributed by atoms with Crippen molar-refractivity contribution in [3.63, 3.8) is 0 Å². The summed E-state index contributed by atoms with van der Waals surface area (Å²) in [6, 6.07) is 12.5. The number of aryl methyl sites for hydroxylation is 1. The average Bonchev–Trinajstić information content (AvgIpc) is 2.92. The van der Waals surface area contributed by atoms with Crippen LogP contribution >= 0.6 is 0 Å². The Morgan fingerprint density at radius 1 is 0.833 bits per heavy atom. The van der Waals surface area contributed by atoms with Gasteiger partial charge < -0.3 is 4.74 Å². The molecule has 0 aromatic heterocycles. The molecule has 0 bridgehead atoms. The molecule has 1 nitrogen and oxygen atoms in total. The van der Waals surface area contributed by atoms with Crippen LogP contribution in [0, 0.1) is 29.4 Å². The fraction of sp³-hybridized carbons (Fsp3) is 0.515. The molecular weight excluding hydrogens is 450 g/mol. The maximum Gasteiger partial charge on any atom is 0.201 e. The van der Waals surface area contributed by atoms with Gasteiger partial charge in [0.2, 0.25) is 5.82 Å². The molecule has 2 aliphatic carbocycles. The van der Waals surface area contributed by atoms with Crippen molar-refractivity contribution in [1.29, 1.82) is 0 Å². The molecule has 0 aliphatic heterocycles. The van der Waals surface area contributed by atoms with Crippen LogP contribution in [0.2, 0.25) is 0 Å². The Balaban J connectivity index is 1.22. The van der Waals surface area contributed by atoms with Crippen LogP contribution in [0.5, 0.6) is 5.75 Å². The van der Waals surface area contributed by atoms with Gasteiger partial charge in [-0.2, -0.15) is 4.39 Å². The lowest BCUT2D eigenvalue weighted by Crippen LogP contribution is -2.25. The number of hydrogen-bond donors (Lipinski definition) is 0. The average molecular weight is 493 g/mol. The van der Waals surface area contributed by atoms with E-state index in [1.807, 2.05) is 0 Å². The molecule has 2 aromatic carbocycles. The number of ether oxygens (including phenoxy) is 1. The summed E-state index contributed by atoms with van der Waals surface area (Å²) in [5, 5.41) is 0. The minimum absolute atomic E-state index is 0.0144. The molecule has 0 atom stereocenters. The molecule has 0 radical (unpaired) electrons. The molecule has 0 spiro atoms. The summed E-state index contributed by atoms with van der Waals surface area (Å²) in [7, 11) is 0. The van der Waals surface area contributed by atoms with Gasteiger partial charge in [-0.1, -0.05) is 48.6 Å². The van der Waals surface area contributed by atoms with E-state index in [0.717, 1.165) is 43.4 Å². The fourth-order valence-electron chi connectivity index (χ4n) is 6.29. The fourth-order valence-corrected chi connectivity index (χ4v) is 6.29. The minimum Gasteiger partial charge on any atom is -0.491 e. The smallest absolute Gasteiger partial charge is 0.201 e. The van der Waals surface area contributed by atoms with Crippen LogP contribution < -0.4 is 4.74 Å². The maximum atomic E-state index is 14.4. The van der Waals surface area contributed by atoms with Crippen molar-refractivity contribution < 1.29 is 13.5 Å². The number of hydrogen-bond acceptors (Lipinski definition) is 1. The van der Waals surface area contributed by atoms with Crippen molar-refractivity contribution in [2.45, 2.75) is 84.0 Å². The van der Waals surface area contributed by atoms with E-state index in [2.05, 4.69) is 49.4 Å². The van der Waals surface area contributed by atoms with Gasteiger partial charge in [-0.25, -0.2) is 4.39 Å². The van der Waals surface area contributed by atoms with Gasteiger partial charge in [0.25, 0.3) is 0 Å². The summed E-state index contributed by atoms with van der Waals surface area (Å²) >= 11 is 0. The molecule has 36 heavy (non-hydrogen) atoms. The Hall–Kier alpha value is -2.42. The van der Waals surface area contributed by atoms with E-state index < -0.39 is 11.6 Å². The van der Waals surface area contributed by atoms with E-state index in [1.165, 1.54) is 55.7 Å². The summed E-state index contributed by atoms with van der Waals surface area (Å²) in [6.45, 7) is 4.17. The number of allylic oxidation sites excluding steroid dienone is 3. The van der Waals surface area contributed by atoms with Crippen molar-refractivity contribution in [2.75, 3.05) is 6.61 Å². The van der Waals surface area contributed by atoms with Gasteiger partial charge in [0, 0.05) is 5.56 Å². The van der Waals surface area contributed by atoms with Crippen LogP contribution in [0.25, 0.3) is 6.08 Å². The van der Waals surface area contributed by atoms with Crippen molar-refractivity contribution in [3.05, 3.63) is 83.0 Å². The Morgan fingerprint density at radius 3 is 2.14 bits per heavy atom. The van der Waals surface area contributed by atoms with E-state index >= 15 is 0 Å².